The first kappa shape index (κ1) is 14.1. The minimum absolute atomic E-state index is 0.0331. The number of carbonyl (C=O) groups is 2. The molecule has 1 atom stereocenters. The van der Waals surface area contributed by atoms with Gasteiger partial charge in [-0.25, -0.2) is 0 Å². The summed E-state index contributed by atoms with van der Waals surface area (Å²) in [6, 6.07) is 7.20. The van der Waals surface area contributed by atoms with Crippen molar-refractivity contribution in [2.45, 2.75) is 37.7 Å². The molecule has 112 valence electrons. The summed E-state index contributed by atoms with van der Waals surface area (Å²) in [4.78, 5) is 25.2. The van der Waals surface area contributed by atoms with Crippen molar-refractivity contribution in [1.82, 2.24) is 0 Å². The van der Waals surface area contributed by atoms with Gasteiger partial charge in [-0.3, -0.25) is 9.59 Å². The highest BCUT2D eigenvalue weighted by Crippen LogP contribution is 2.36. The van der Waals surface area contributed by atoms with E-state index in [1.807, 2.05) is 6.07 Å². The number of nitrogens with zero attached hydrogens (tertiary/aromatic N) is 1. The SMILES string of the molecule is O=C(O)C1CN(C(=O)COC2CCCC2)c2ccccc21. The molecular formula is C16H19NO4. The minimum atomic E-state index is -0.894. The highest BCUT2D eigenvalue weighted by atomic mass is 16.5. The Balaban J connectivity index is 1.70. The average molecular weight is 289 g/mol. The van der Waals surface area contributed by atoms with Gasteiger partial charge < -0.3 is 14.7 Å². The number of benzene rings is 1. The molecule has 1 amide bonds. The maximum absolute atomic E-state index is 12.3. The molecule has 0 saturated heterocycles. The fourth-order valence-electron chi connectivity index (χ4n) is 3.18. The predicted molar refractivity (Wildman–Crippen MR) is 77.4 cm³/mol. The molecule has 5 heteroatoms. The Morgan fingerprint density at radius 3 is 2.67 bits per heavy atom. The highest BCUT2D eigenvalue weighted by molar-refractivity contribution is 5.99. The van der Waals surface area contributed by atoms with Gasteiger partial charge in [-0.05, 0) is 24.5 Å². The van der Waals surface area contributed by atoms with Crippen LogP contribution < -0.4 is 4.90 Å². The summed E-state index contributed by atoms with van der Waals surface area (Å²) in [6.45, 7) is 0.229. The van der Waals surface area contributed by atoms with E-state index in [0.29, 0.717) is 11.3 Å². The smallest absolute Gasteiger partial charge is 0.312 e. The zero-order valence-electron chi connectivity index (χ0n) is 11.8. The van der Waals surface area contributed by atoms with Crippen molar-refractivity contribution in [3.05, 3.63) is 29.8 Å². The van der Waals surface area contributed by atoms with Gasteiger partial charge in [0, 0.05) is 12.2 Å². The van der Waals surface area contributed by atoms with Gasteiger partial charge in [-0.2, -0.15) is 0 Å². The molecule has 2 aliphatic rings. The van der Waals surface area contributed by atoms with Crippen molar-refractivity contribution in [3.8, 4) is 0 Å². The number of hydrogen-bond acceptors (Lipinski definition) is 3. The third kappa shape index (κ3) is 2.78. The first-order chi connectivity index (χ1) is 10.2. The fourth-order valence-corrected chi connectivity index (χ4v) is 3.18. The normalized spacial score (nSPS) is 21.5. The lowest BCUT2D eigenvalue weighted by atomic mass is 10.0. The number of hydrogen-bond donors (Lipinski definition) is 1. The van der Waals surface area contributed by atoms with E-state index in [-0.39, 0.29) is 25.2 Å². The molecule has 3 rings (SSSR count). The maximum atomic E-state index is 12.3. The van der Waals surface area contributed by atoms with E-state index in [2.05, 4.69) is 0 Å². The molecule has 1 aliphatic heterocycles. The molecule has 1 aliphatic carbocycles. The lowest BCUT2D eigenvalue weighted by molar-refractivity contribution is -0.138. The van der Waals surface area contributed by atoms with Gasteiger partial charge in [0.2, 0.25) is 0 Å². The van der Waals surface area contributed by atoms with Gasteiger partial charge in [0.1, 0.15) is 12.5 Å². The molecule has 21 heavy (non-hydrogen) atoms. The topological polar surface area (TPSA) is 66.8 Å². The number of fused-ring (bicyclic) bond motifs is 1. The second kappa shape index (κ2) is 5.85. The van der Waals surface area contributed by atoms with Crippen molar-refractivity contribution in [2.24, 2.45) is 0 Å². The minimum Gasteiger partial charge on any atom is -0.481 e. The Kier molecular flexibility index (Phi) is 3.92. The van der Waals surface area contributed by atoms with Crippen LogP contribution in [0.15, 0.2) is 24.3 Å². The number of ether oxygens (including phenoxy) is 1. The molecule has 0 aromatic heterocycles. The molecule has 1 heterocycles. The molecule has 0 spiro atoms. The number of amides is 1. The summed E-state index contributed by atoms with van der Waals surface area (Å²) in [6.07, 6.45) is 4.53. The quantitative estimate of drug-likeness (QED) is 0.922. The maximum Gasteiger partial charge on any atom is 0.312 e. The van der Waals surface area contributed by atoms with Crippen LogP contribution in [0.1, 0.15) is 37.2 Å². The second-order valence-corrected chi connectivity index (χ2v) is 5.67. The molecule has 5 nitrogen and oxygen atoms in total. The van der Waals surface area contributed by atoms with E-state index in [0.717, 1.165) is 25.7 Å². The largest absolute Gasteiger partial charge is 0.481 e. The summed E-state index contributed by atoms with van der Waals surface area (Å²) in [5.41, 5.74) is 1.41. The van der Waals surface area contributed by atoms with E-state index in [4.69, 9.17) is 4.74 Å². The van der Waals surface area contributed by atoms with E-state index in [9.17, 15) is 14.7 Å². The lowest BCUT2D eigenvalue weighted by Crippen LogP contribution is -2.35. The summed E-state index contributed by atoms with van der Waals surface area (Å²) in [5.74, 6) is -1.69. The van der Waals surface area contributed by atoms with Gasteiger partial charge in [0.25, 0.3) is 5.91 Å². The first-order valence-corrected chi connectivity index (χ1v) is 7.40. The number of para-hydroxylation sites is 1. The van der Waals surface area contributed by atoms with Crippen LogP contribution in [-0.2, 0) is 14.3 Å². The number of carboxylic acid groups (broad SMARTS) is 1. The Morgan fingerprint density at radius 1 is 1.24 bits per heavy atom. The van der Waals surface area contributed by atoms with Crippen LogP contribution in [0.4, 0.5) is 5.69 Å². The fraction of sp³-hybridized carbons (Fsp3) is 0.500. The molecule has 1 aromatic rings. The molecule has 1 fully saturated rings. The summed E-state index contributed by atoms with van der Waals surface area (Å²) < 4.78 is 5.65. The van der Waals surface area contributed by atoms with E-state index in [1.165, 1.54) is 0 Å². The highest BCUT2D eigenvalue weighted by Gasteiger charge is 2.36. The van der Waals surface area contributed by atoms with Gasteiger partial charge in [-0.15, -0.1) is 0 Å². The summed E-state index contributed by atoms with van der Waals surface area (Å²) in [5, 5.41) is 9.29. The van der Waals surface area contributed by atoms with Crippen molar-refractivity contribution in [3.63, 3.8) is 0 Å². The number of rotatable bonds is 4. The van der Waals surface area contributed by atoms with Gasteiger partial charge in [0.05, 0.1) is 6.10 Å². The summed E-state index contributed by atoms with van der Waals surface area (Å²) >= 11 is 0. The Labute approximate surface area is 123 Å². The zero-order chi connectivity index (χ0) is 14.8. The first-order valence-electron chi connectivity index (χ1n) is 7.40. The number of anilines is 1. The third-order valence-electron chi connectivity index (χ3n) is 4.31. The molecule has 1 unspecified atom stereocenters. The van der Waals surface area contributed by atoms with Crippen LogP contribution in [0.2, 0.25) is 0 Å². The van der Waals surface area contributed by atoms with Crippen molar-refractivity contribution in [2.75, 3.05) is 18.1 Å². The van der Waals surface area contributed by atoms with Crippen LogP contribution in [0, 0.1) is 0 Å². The number of carbonyl (C=O) groups excluding carboxylic acids is 1. The molecule has 1 N–H and O–H groups in total. The Bertz CT molecular complexity index is 551. The van der Waals surface area contributed by atoms with Crippen LogP contribution in [0.5, 0.6) is 0 Å². The van der Waals surface area contributed by atoms with Crippen LogP contribution in [0.25, 0.3) is 0 Å². The molecule has 1 saturated carbocycles. The molecule has 0 bridgehead atoms. The number of aliphatic carboxylic acids is 1. The Hall–Kier alpha value is -1.88. The van der Waals surface area contributed by atoms with Gasteiger partial charge in [-0.1, -0.05) is 31.0 Å². The molecular weight excluding hydrogens is 270 g/mol. The lowest BCUT2D eigenvalue weighted by Gasteiger charge is -2.19. The standard InChI is InChI=1S/C16H19NO4/c18-15(10-21-11-5-1-2-6-11)17-9-13(16(19)20)12-7-3-4-8-14(12)17/h3-4,7-8,11,13H,1-2,5-6,9-10H2,(H,19,20). The van der Waals surface area contributed by atoms with Crippen molar-refractivity contribution < 1.29 is 19.4 Å². The summed E-state index contributed by atoms with van der Waals surface area (Å²) in [7, 11) is 0. The van der Waals surface area contributed by atoms with E-state index >= 15 is 0 Å². The zero-order valence-corrected chi connectivity index (χ0v) is 11.8. The van der Waals surface area contributed by atoms with Crippen molar-refractivity contribution in [1.29, 1.82) is 0 Å². The van der Waals surface area contributed by atoms with E-state index in [1.54, 1.807) is 23.1 Å². The third-order valence-corrected chi connectivity index (χ3v) is 4.31. The van der Waals surface area contributed by atoms with Gasteiger partial charge >= 0.3 is 5.97 Å². The van der Waals surface area contributed by atoms with E-state index < -0.39 is 11.9 Å². The van der Waals surface area contributed by atoms with Crippen LogP contribution in [0.3, 0.4) is 0 Å². The predicted octanol–water partition coefficient (Wildman–Crippen LogP) is 2.16. The van der Waals surface area contributed by atoms with Gasteiger partial charge in [0.15, 0.2) is 0 Å². The van der Waals surface area contributed by atoms with Crippen LogP contribution >= 0.6 is 0 Å². The Morgan fingerprint density at radius 2 is 1.95 bits per heavy atom. The van der Waals surface area contributed by atoms with Crippen molar-refractivity contribution >= 4 is 17.6 Å². The molecule has 0 radical (unpaired) electrons. The monoisotopic (exact) mass is 289 g/mol. The molecule has 1 aromatic carbocycles. The number of carboxylic acids is 1. The second-order valence-electron chi connectivity index (χ2n) is 5.67. The van der Waals surface area contributed by atoms with Crippen LogP contribution in [-0.4, -0.2) is 36.2 Å². The average Bonchev–Trinajstić information content (AvgIpc) is 3.12.